The monoisotopic (exact) mass is 559 g/mol. The van der Waals surface area contributed by atoms with E-state index in [1.54, 1.807) is 0 Å². The Kier molecular flexibility index (Phi) is 9.75. The van der Waals surface area contributed by atoms with Crippen molar-refractivity contribution in [3.63, 3.8) is 0 Å². The Balaban J connectivity index is 0.00000306. The van der Waals surface area contributed by atoms with Gasteiger partial charge in [0.2, 0.25) is 0 Å². The van der Waals surface area contributed by atoms with Crippen molar-refractivity contribution in [3.05, 3.63) is 89.5 Å². The van der Waals surface area contributed by atoms with Crippen LogP contribution in [0.15, 0.2) is 72.0 Å². The molecule has 4 rings (SSSR count). The van der Waals surface area contributed by atoms with Gasteiger partial charge < -0.3 is 19.5 Å². The van der Waals surface area contributed by atoms with Gasteiger partial charge in [-0.05, 0) is 30.0 Å². The third-order valence-corrected chi connectivity index (χ3v) is 5.98. The summed E-state index contributed by atoms with van der Waals surface area (Å²) in [6.45, 7) is 7.09. The van der Waals surface area contributed by atoms with Crippen LogP contribution >= 0.6 is 24.0 Å². The highest BCUT2D eigenvalue weighted by atomic mass is 127. The van der Waals surface area contributed by atoms with E-state index in [2.05, 4.69) is 73.3 Å². The van der Waals surface area contributed by atoms with E-state index in [0.717, 1.165) is 51.0 Å². The standard InChI is InChI=1S/C26H33N5O.HI/c1-21-28-12-14-30(21)17-24-10-6-9-23(15-24)16-29-26(27-2)31-13-11-25(18-31)20-32-19-22-7-4-3-5-8-22;/h3-10,12,14-15,25H,11,13,16-20H2,1-2H3,(H,27,29);1H. The van der Waals surface area contributed by atoms with Crippen molar-refractivity contribution < 1.29 is 4.74 Å². The molecule has 1 fully saturated rings. The molecule has 0 aliphatic carbocycles. The number of halogens is 1. The number of guanidine groups is 1. The molecule has 2 heterocycles. The summed E-state index contributed by atoms with van der Waals surface area (Å²) in [6, 6.07) is 19.1. The molecular formula is C26H34IN5O. The number of nitrogens with zero attached hydrogens (tertiary/aromatic N) is 4. The van der Waals surface area contributed by atoms with E-state index < -0.39 is 0 Å². The second-order valence-electron chi connectivity index (χ2n) is 8.42. The molecular weight excluding hydrogens is 525 g/mol. The lowest BCUT2D eigenvalue weighted by atomic mass is 10.1. The molecule has 33 heavy (non-hydrogen) atoms. The fraction of sp³-hybridized carbons (Fsp3) is 0.385. The summed E-state index contributed by atoms with van der Waals surface area (Å²) in [5.41, 5.74) is 3.76. The molecule has 0 radical (unpaired) electrons. The average molecular weight is 559 g/mol. The first-order valence-electron chi connectivity index (χ1n) is 11.3. The van der Waals surface area contributed by atoms with Gasteiger partial charge in [-0.25, -0.2) is 4.98 Å². The number of hydrogen-bond donors (Lipinski definition) is 1. The highest BCUT2D eigenvalue weighted by Gasteiger charge is 2.25. The Hall–Kier alpha value is -2.39. The smallest absolute Gasteiger partial charge is 0.193 e. The number of benzene rings is 2. The normalized spacial score (nSPS) is 16.0. The summed E-state index contributed by atoms with van der Waals surface area (Å²) in [4.78, 5) is 11.2. The minimum Gasteiger partial charge on any atom is -0.376 e. The van der Waals surface area contributed by atoms with Crippen LogP contribution in [0.2, 0.25) is 0 Å². The molecule has 1 aliphatic rings. The number of rotatable bonds is 8. The quantitative estimate of drug-likeness (QED) is 0.252. The van der Waals surface area contributed by atoms with Crippen LogP contribution in [-0.4, -0.2) is 47.2 Å². The number of ether oxygens (including phenoxy) is 1. The van der Waals surface area contributed by atoms with Crippen LogP contribution in [0.4, 0.5) is 0 Å². The number of aliphatic imine (C=N–C) groups is 1. The van der Waals surface area contributed by atoms with Gasteiger partial charge in [-0.2, -0.15) is 0 Å². The SMILES string of the molecule is CN=C(NCc1cccc(Cn2ccnc2C)c1)N1CCC(COCc2ccccc2)C1.I. The van der Waals surface area contributed by atoms with E-state index in [0.29, 0.717) is 12.5 Å². The molecule has 0 amide bonds. The average Bonchev–Trinajstić information content (AvgIpc) is 3.45. The largest absolute Gasteiger partial charge is 0.376 e. The lowest BCUT2D eigenvalue weighted by molar-refractivity contribution is 0.0906. The minimum absolute atomic E-state index is 0. The summed E-state index contributed by atoms with van der Waals surface area (Å²) in [7, 11) is 1.86. The summed E-state index contributed by atoms with van der Waals surface area (Å²) < 4.78 is 8.13. The molecule has 1 unspecified atom stereocenters. The topological polar surface area (TPSA) is 54.7 Å². The van der Waals surface area contributed by atoms with Crippen molar-refractivity contribution in [2.75, 3.05) is 26.7 Å². The van der Waals surface area contributed by atoms with Crippen LogP contribution in [0, 0.1) is 12.8 Å². The van der Waals surface area contributed by atoms with Gasteiger partial charge in [0.1, 0.15) is 5.82 Å². The Morgan fingerprint density at radius 3 is 2.67 bits per heavy atom. The number of imidazole rings is 1. The summed E-state index contributed by atoms with van der Waals surface area (Å²) in [5, 5.41) is 3.54. The van der Waals surface area contributed by atoms with Crippen molar-refractivity contribution in [2.45, 2.75) is 33.0 Å². The van der Waals surface area contributed by atoms with E-state index in [-0.39, 0.29) is 24.0 Å². The minimum atomic E-state index is 0. The first-order valence-corrected chi connectivity index (χ1v) is 11.3. The second-order valence-corrected chi connectivity index (χ2v) is 8.42. The predicted molar refractivity (Wildman–Crippen MR) is 144 cm³/mol. The van der Waals surface area contributed by atoms with Gasteiger partial charge in [-0.3, -0.25) is 4.99 Å². The third kappa shape index (κ3) is 7.30. The van der Waals surface area contributed by atoms with Crippen LogP contribution in [0.5, 0.6) is 0 Å². The van der Waals surface area contributed by atoms with Crippen LogP contribution in [-0.2, 0) is 24.4 Å². The zero-order chi connectivity index (χ0) is 22.2. The van der Waals surface area contributed by atoms with Crippen molar-refractivity contribution >= 4 is 29.9 Å². The Morgan fingerprint density at radius 2 is 1.91 bits per heavy atom. The molecule has 3 aromatic rings. The maximum Gasteiger partial charge on any atom is 0.193 e. The van der Waals surface area contributed by atoms with Crippen molar-refractivity contribution in [3.8, 4) is 0 Å². The lowest BCUT2D eigenvalue weighted by Gasteiger charge is -2.22. The molecule has 1 saturated heterocycles. The second kappa shape index (κ2) is 12.7. The van der Waals surface area contributed by atoms with E-state index >= 15 is 0 Å². The number of likely N-dealkylation sites (tertiary alicyclic amines) is 1. The van der Waals surface area contributed by atoms with Crippen LogP contribution in [0.3, 0.4) is 0 Å². The molecule has 7 heteroatoms. The lowest BCUT2D eigenvalue weighted by Crippen LogP contribution is -2.39. The van der Waals surface area contributed by atoms with Gasteiger partial charge in [-0.15, -0.1) is 24.0 Å². The maximum absolute atomic E-state index is 5.97. The zero-order valence-electron chi connectivity index (χ0n) is 19.5. The highest BCUT2D eigenvalue weighted by Crippen LogP contribution is 2.18. The molecule has 1 aromatic heterocycles. The molecule has 1 atom stereocenters. The molecule has 0 saturated carbocycles. The summed E-state index contributed by atoms with van der Waals surface area (Å²) in [5.74, 6) is 2.54. The van der Waals surface area contributed by atoms with E-state index in [9.17, 15) is 0 Å². The number of hydrogen-bond acceptors (Lipinski definition) is 3. The van der Waals surface area contributed by atoms with E-state index in [1.165, 1.54) is 16.7 Å². The van der Waals surface area contributed by atoms with Crippen molar-refractivity contribution in [1.29, 1.82) is 0 Å². The summed E-state index contributed by atoms with van der Waals surface area (Å²) in [6.07, 6.45) is 5.01. The first-order chi connectivity index (χ1) is 15.7. The van der Waals surface area contributed by atoms with Crippen LogP contribution in [0.1, 0.15) is 28.9 Å². The van der Waals surface area contributed by atoms with Gasteiger partial charge in [0.15, 0.2) is 5.96 Å². The fourth-order valence-electron chi connectivity index (χ4n) is 4.20. The highest BCUT2D eigenvalue weighted by molar-refractivity contribution is 14.0. The molecule has 0 bridgehead atoms. The molecule has 2 aromatic carbocycles. The van der Waals surface area contributed by atoms with E-state index in [4.69, 9.17) is 4.74 Å². The molecule has 1 aliphatic heterocycles. The van der Waals surface area contributed by atoms with Crippen LogP contribution < -0.4 is 5.32 Å². The number of aryl methyl sites for hydroxylation is 1. The number of aromatic nitrogens is 2. The third-order valence-electron chi connectivity index (χ3n) is 5.98. The first kappa shape index (κ1) is 25.2. The molecule has 6 nitrogen and oxygen atoms in total. The van der Waals surface area contributed by atoms with Gasteiger partial charge >= 0.3 is 0 Å². The van der Waals surface area contributed by atoms with Crippen molar-refractivity contribution in [1.82, 2.24) is 19.8 Å². The number of nitrogens with one attached hydrogen (secondary N) is 1. The zero-order valence-corrected chi connectivity index (χ0v) is 21.8. The molecule has 176 valence electrons. The molecule has 0 spiro atoms. The predicted octanol–water partition coefficient (Wildman–Crippen LogP) is 4.47. The summed E-state index contributed by atoms with van der Waals surface area (Å²) >= 11 is 0. The van der Waals surface area contributed by atoms with Crippen molar-refractivity contribution in [2.24, 2.45) is 10.9 Å². The maximum atomic E-state index is 5.97. The van der Waals surface area contributed by atoms with Gasteiger partial charge in [0.05, 0.1) is 13.2 Å². The van der Waals surface area contributed by atoms with Gasteiger partial charge in [0, 0.05) is 51.5 Å². The Labute approximate surface area is 214 Å². The van der Waals surface area contributed by atoms with Gasteiger partial charge in [-0.1, -0.05) is 54.6 Å². The fourth-order valence-corrected chi connectivity index (χ4v) is 4.20. The van der Waals surface area contributed by atoms with Crippen LogP contribution in [0.25, 0.3) is 0 Å². The Morgan fingerprint density at radius 1 is 1.12 bits per heavy atom. The van der Waals surface area contributed by atoms with E-state index in [1.807, 2.05) is 32.4 Å². The molecule has 1 N–H and O–H groups in total. The van der Waals surface area contributed by atoms with Gasteiger partial charge in [0.25, 0.3) is 0 Å². The Bertz CT molecular complexity index is 1020.